The number of terminal acetylenes is 2. The molecule has 2 amide bonds. The van der Waals surface area contributed by atoms with Crippen LogP contribution < -0.4 is 18.9 Å². The van der Waals surface area contributed by atoms with Crippen molar-refractivity contribution in [2.75, 3.05) is 47.4 Å². The van der Waals surface area contributed by atoms with Crippen LogP contribution in [0.4, 0.5) is 0 Å². The first kappa shape index (κ1) is 50.5. The van der Waals surface area contributed by atoms with Gasteiger partial charge in [0, 0.05) is 25.2 Å². The van der Waals surface area contributed by atoms with Gasteiger partial charge in [-0.1, -0.05) is 133 Å². The van der Waals surface area contributed by atoms with Gasteiger partial charge in [0.25, 0.3) is 0 Å². The maximum atomic E-state index is 13.8. The van der Waals surface area contributed by atoms with Crippen LogP contribution in [0.15, 0.2) is 121 Å². The molecule has 0 unspecified atom stereocenters. The predicted molar refractivity (Wildman–Crippen MR) is 225 cm³/mol. The van der Waals surface area contributed by atoms with Gasteiger partial charge in [0.2, 0.25) is 11.8 Å². The van der Waals surface area contributed by atoms with Crippen LogP contribution in [0, 0.1) is 24.7 Å². The molecule has 13 heteroatoms. The van der Waals surface area contributed by atoms with Crippen LogP contribution in [0.1, 0.15) is 46.9 Å². The maximum Gasteiger partial charge on any atom is 1.00 e. The molecule has 2 fully saturated rings. The zero-order valence-corrected chi connectivity index (χ0v) is 34.6. The summed E-state index contributed by atoms with van der Waals surface area (Å²) in [7, 11) is 5.14. The number of esters is 1. The number of aliphatic carboxylic acids is 1. The number of carbonyl (C=O) groups is 4. The Morgan fingerprint density at radius 2 is 0.950 bits per heavy atom. The Kier molecular flexibility index (Phi) is 20.5. The van der Waals surface area contributed by atoms with Crippen LogP contribution in [-0.2, 0) is 23.9 Å². The molecular formula is C47H53LiN4O8. The van der Waals surface area contributed by atoms with Crippen LogP contribution in [0.25, 0.3) is 0 Å². The number of hydrogen-bond acceptors (Lipinski definition) is 8. The summed E-state index contributed by atoms with van der Waals surface area (Å²) in [6, 6.07) is 36.8. The summed E-state index contributed by atoms with van der Waals surface area (Å²) in [5.41, 5.74) is 3.49. The van der Waals surface area contributed by atoms with Crippen molar-refractivity contribution in [2.24, 2.45) is 0 Å². The SMILES string of the molecule is C#CCN(C)[C@H]1C[C@@H](C(=O)O)N(C(=O)C(c2ccccc2)c2ccccc2)C1.C#CCN(C)[C@H]1C[C@@H](C(=O)OC)N(C(=O)C(c2ccccc2)c2ccccc2)C1.O.[Li+].[OH-]. The van der Waals surface area contributed by atoms with E-state index in [9.17, 15) is 24.3 Å². The Morgan fingerprint density at radius 1 is 0.650 bits per heavy atom. The minimum Gasteiger partial charge on any atom is -0.870 e. The van der Waals surface area contributed by atoms with E-state index in [0.29, 0.717) is 39.0 Å². The van der Waals surface area contributed by atoms with E-state index in [4.69, 9.17) is 17.6 Å². The number of likely N-dealkylation sites (N-methyl/N-ethyl adjacent to an activating group) is 2. The largest absolute Gasteiger partial charge is 1.00 e. The van der Waals surface area contributed by atoms with Crippen molar-refractivity contribution in [3.8, 4) is 24.7 Å². The Morgan fingerprint density at radius 3 is 1.23 bits per heavy atom. The fourth-order valence-corrected chi connectivity index (χ4v) is 7.76. The van der Waals surface area contributed by atoms with Gasteiger partial charge in [-0.05, 0) is 49.2 Å². The minimum absolute atomic E-state index is 0. The zero-order chi connectivity index (χ0) is 40.9. The van der Waals surface area contributed by atoms with Gasteiger partial charge in [-0.3, -0.25) is 19.4 Å². The number of rotatable bonds is 12. The van der Waals surface area contributed by atoms with E-state index in [1.54, 1.807) is 4.90 Å². The van der Waals surface area contributed by atoms with Crippen molar-refractivity contribution >= 4 is 23.8 Å². The topological polar surface area (TPSA) is 172 Å². The number of nitrogens with zero attached hydrogens (tertiary/aromatic N) is 4. The third-order valence-electron chi connectivity index (χ3n) is 10.8. The molecule has 2 saturated heterocycles. The molecule has 4 N–H and O–H groups in total. The number of likely N-dealkylation sites (tertiary alicyclic amines) is 2. The molecule has 6 rings (SSSR count). The first-order valence-electron chi connectivity index (χ1n) is 19.0. The van der Waals surface area contributed by atoms with Gasteiger partial charge in [0.15, 0.2) is 0 Å². The summed E-state index contributed by atoms with van der Waals surface area (Å²) in [5.74, 6) is 2.51. The van der Waals surface area contributed by atoms with Crippen molar-refractivity contribution in [3.05, 3.63) is 144 Å². The molecule has 4 atom stereocenters. The molecular weight excluding hydrogens is 755 g/mol. The third-order valence-corrected chi connectivity index (χ3v) is 10.8. The molecule has 0 radical (unpaired) electrons. The van der Waals surface area contributed by atoms with E-state index in [2.05, 4.69) is 11.8 Å². The molecule has 12 nitrogen and oxygen atoms in total. The van der Waals surface area contributed by atoms with Crippen LogP contribution in [0.5, 0.6) is 0 Å². The maximum absolute atomic E-state index is 13.8. The van der Waals surface area contributed by atoms with E-state index in [1.807, 2.05) is 145 Å². The van der Waals surface area contributed by atoms with Crippen LogP contribution in [-0.4, -0.2) is 131 Å². The van der Waals surface area contributed by atoms with Gasteiger partial charge in [-0.2, -0.15) is 0 Å². The van der Waals surface area contributed by atoms with E-state index in [1.165, 1.54) is 12.0 Å². The van der Waals surface area contributed by atoms with E-state index < -0.39 is 35.9 Å². The second-order valence-electron chi connectivity index (χ2n) is 14.4. The molecule has 0 aliphatic carbocycles. The van der Waals surface area contributed by atoms with Crippen LogP contribution >= 0.6 is 0 Å². The van der Waals surface area contributed by atoms with E-state index >= 15 is 0 Å². The van der Waals surface area contributed by atoms with Gasteiger partial charge in [-0.25, -0.2) is 9.59 Å². The normalized spacial score (nSPS) is 17.9. The van der Waals surface area contributed by atoms with Crippen molar-refractivity contribution in [1.29, 1.82) is 0 Å². The van der Waals surface area contributed by atoms with Gasteiger partial charge in [0.05, 0.1) is 32.0 Å². The van der Waals surface area contributed by atoms with Crippen molar-refractivity contribution in [3.63, 3.8) is 0 Å². The van der Waals surface area contributed by atoms with Crippen molar-refractivity contribution in [2.45, 2.75) is 48.8 Å². The van der Waals surface area contributed by atoms with Crippen LogP contribution in [0.3, 0.4) is 0 Å². The monoisotopic (exact) mass is 808 g/mol. The smallest absolute Gasteiger partial charge is 0.870 e. The van der Waals surface area contributed by atoms with Crippen molar-refractivity contribution in [1.82, 2.24) is 19.6 Å². The Bertz CT molecular complexity index is 1970. The number of methoxy groups -OCH3 is 1. The Balaban J connectivity index is 0.000000394. The van der Waals surface area contributed by atoms with Gasteiger partial charge >= 0.3 is 30.8 Å². The summed E-state index contributed by atoms with van der Waals surface area (Å²) in [5, 5.41) is 9.73. The number of ether oxygens (including phenoxy) is 1. The molecule has 0 spiro atoms. The van der Waals surface area contributed by atoms with Gasteiger partial charge < -0.3 is 30.6 Å². The van der Waals surface area contributed by atoms with Crippen LogP contribution in [0.2, 0.25) is 0 Å². The third kappa shape index (κ3) is 12.2. The fourth-order valence-electron chi connectivity index (χ4n) is 7.76. The number of amides is 2. The average Bonchev–Trinajstić information content (AvgIpc) is 3.90. The Labute approximate surface area is 365 Å². The summed E-state index contributed by atoms with van der Waals surface area (Å²) in [4.78, 5) is 58.8. The molecule has 2 aliphatic heterocycles. The molecule has 4 aromatic rings. The van der Waals surface area contributed by atoms with E-state index in [0.717, 1.165) is 22.3 Å². The van der Waals surface area contributed by atoms with Crippen molar-refractivity contribution < 1.29 is 58.8 Å². The summed E-state index contributed by atoms with van der Waals surface area (Å²) in [6.45, 7) is 1.66. The first-order valence-corrected chi connectivity index (χ1v) is 19.0. The molecule has 60 heavy (non-hydrogen) atoms. The first-order chi connectivity index (χ1) is 27.6. The second-order valence-corrected chi connectivity index (χ2v) is 14.4. The van der Waals surface area contributed by atoms with Gasteiger partial charge in [0.1, 0.15) is 12.1 Å². The summed E-state index contributed by atoms with van der Waals surface area (Å²) >= 11 is 0. The molecule has 310 valence electrons. The molecule has 4 aromatic carbocycles. The number of carbonyl (C=O) groups excluding carboxylic acids is 3. The molecule has 2 aliphatic rings. The molecule has 0 bridgehead atoms. The predicted octanol–water partition coefficient (Wildman–Crippen LogP) is 0.966. The standard InChI is InChI=1S/C24H26N2O3.C23H24N2O3.Li.2H2O/c1-4-15-25(2)20-16-21(24(28)29-3)26(17-20)23(27)22(18-11-7-5-8-12-18)19-13-9-6-10-14-19;1-3-14-24(2)19-15-20(23(27)28)25(16-19)22(26)21(17-10-6-4-7-11-17)18-12-8-5-9-13-18;;;/h1,5-14,20-22H,15-17H2,2-3H3;1,4-13,19-21H,14-16H2,2H3,(H,27,28);;2*1H2/q;;+1;;/p-1/t20-,21-;19-,20-;;;/m00.../s1. The zero-order valence-electron chi connectivity index (χ0n) is 34.6. The number of carboxylic acid groups (broad SMARTS) is 1. The number of benzene rings is 4. The Hall–Kier alpha value is -5.68. The van der Waals surface area contributed by atoms with E-state index in [-0.39, 0.29) is 53.7 Å². The summed E-state index contributed by atoms with van der Waals surface area (Å²) in [6.07, 6.45) is 11.7. The molecule has 2 heterocycles. The molecule has 0 aromatic heterocycles. The second kappa shape index (κ2) is 24.4. The summed E-state index contributed by atoms with van der Waals surface area (Å²) < 4.78 is 5.00. The quantitative estimate of drug-likeness (QED) is 0.124. The van der Waals surface area contributed by atoms with Gasteiger partial charge in [-0.15, -0.1) is 12.8 Å². The average molecular weight is 809 g/mol. The fraction of sp³-hybridized carbons (Fsp3) is 0.319. The number of carboxylic acids is 1. The number of hydrogen-bond donors (Lipinski definition) is 1. The minimum atomic E-state index is -0.982. The molecule has 0 saturated carbocycles.